The van der Waals surface area contributed by atoms with Crippen molar-refractivity contribution in [2.45, 2.75) is 43.6 Å². The highest BCUT2D eigenvalue weighted by Gasteiger charge is 2.44. The fourth-order valence-electron chi connectivity index (χ4n) is 4.84. The lowest BCUT2D eigenvalue weighted by Crippen LogP contribution is -2.55. The van der Waals surface area contributed by atoms with E-state index in [9.17, 15) is 4.79 Å². The van der Waals surface area contributed by atoms with Crippen molar-refractivity contribution in [1.29, 1.82) is 0 Å². The molecule has 1 atom stereocenters. The first-order chi connectivity index (χ1) is 15.3. The third kappa shape index (κ3) is 5.77. The van der Waals surface area contributed by atoms with Crippen molar-refractivity contribution in [2.24, 2.45) is 0 Å². The third-order valence-corrected chi connectivity index (χ3v) is 6.73. The van der Waals surface area contributed by atoms with Gasteiger partial charge in [-0.05, 0) is 56.3 Å². The molecule has 1 aromatic carbocycles. The molecule has 4 rings (SSSR count). The highest BCUT2D eigenvalue weighted by Crippen LogP contribution is 2.37. The molecular weight excluding hydrogens is 394 g/mol. The molecule has 0 bridgehead atoms. The number of hydrogen-bond donors (Lipinski definition) is 2. The molecule has 3 fully saturated rings. The summed E-state index contributed by atoms with van der Waals surface area (Å²) < 4.78 is 17.4. The van der Waals surface area contributed by atoms with E-state index in [-0.39, 0.29) is 12.0 Å². The van der Waals surface area contributed by atoms with Crippen LogP contribution in [0.15, 0.2) is 24.3 Å². The second-order valence-corrected chi connectivity index (χ2v) is 8.80. The second kappa shape index (κ2) is 11.3. The number of nitrogens with zero attached hydrogens (tertiary/aromatic N) is 1. The van der Waals surface area contributed by atoms with Crippen LogP contribution in [0.3, 0.4) is 0 Å². The minimum Gasteiger partial charge on any atom is -0.494 e. The van der Waals surface area contributed by atoms with Gasteiger partial charge < -0.3 is 29.7 Å². The molecule has 3 aliphatic rings. The first kappa shape index (κ1) is 22.5. The zero-order valence-corrected chi connectivity index (χ0v) is 18.6. The van der Waals surface area contributed by atoms with Crippen LogP contribution in [-0.2, 0) is 19.7 Å². The summed E-state index contributed by atoms with van der Waals surface area (Å²) in [6, 6.07) is 8.20. The highest BCUT2D eigenvalue weighted by atomic mass is 16.5. The smallest absolute Gasteiger partial charge is 0.233 e. The second-order valence-electron chi connectivity index (χ2n) is 8.80. The number of ether oxygens (including phenoxy) is 3. The van der Waals surface area contributed by atoms with E-state index in [2.05, 4.69) is 22.8 Å². The lowest BCUT2D eigenvalue weighted by molar-refractivity contribution is -0.142. The largest absolute Gasteiger partial charge is 0.494 e. The Bertz CT molecular complexity index is 677. The van der Waals surface area contributed by atoms with Crippen molar-refractivity contribution < 1.29 is 19.0 Å². The zero-order valence-electron chi connectivity index (χ0n) is 18.6. The summed E-state index contributed by atoms with van der Waals surface area (Å²) in [4.78, 5) is 15.6. The Morgan fingerprint density at radius 3 is 2.61 bits per heavy atom. The van der Waals surface area contributed by atoms with Crippen LogP contribution in [0.1, 0.15) is 37.7 Å². The predicted molar refractivity (Wildman–Crippen MR) is 120 cm³/mol. The molecule has 0 saturated carbocycles. The number of carbonyl (C=O) groups is 1. The molecule has 0 spiro atoms. The van der Waals surface area contributed by atoms with Crippen molar-refractivity contribution in [3.8, 4) is 5.75 Å². The number of benzene rings is 1. The van der Waals surface area contributed by atoms with Crippen LogP contribution in [0.5, 0.6) is 5.75 Å². The third-order valence-electron chi connectivity index (χ3n) is 6.73. The molecule has 3 aliphatic heterocycles. The van der Waals surface area contributed by atoms with Gasteiger partial charge >= 0.3 is 0 Å². The van der Waals surface area contributed by atoms with E-state index in [1.54, 1.807) is 0 Å². The van der Waals surface area contributed by atoms with E-state index < -0.39 is 5.41 Å². The summed E-state index contributed by atoms with van der Waals surface area (Å²) in [6.07, 6.45) is 4.84. The van der Waals surface area contributed by atoms with Gasteiger partial charge in [0, 0.05) is 52.5 Å². The van der Waals surface area contributed by atoms with Gasteiger partial charge in [0.25, 0.3) is 0 Å². The summed E-state index contributed by atoms with van der Waals surface area (Å²) in [5, 5.41) is 6.75. The van der Waals surface area contributed by atoms with E-state index in [0.717, 1.165) is 89.3 Å². The van der Waals surface area contributed by atoms with Gasteiger partial charge in [-0.2, -0.15) is 0 Å². The number of piperazine rings is 1. The molecule has 172 valence electrons. The number of amides is 1. The van der Waals surface area contributed by atoms with Crippen LogP contribution in [0, 0.1) is 0 Å². The topological polar surface area (TPSA) is 72.1 Å². The van der Waals surface area contributed by atoms with E-state index >= 15 is 0 Å². The van der Waals surface area contributed by atoms with Gasteiger partial charge in [-0.1, -0.05) is 12.1 Å². The Labute approximate surface area is 185 Å². The summed E-state index contributed by atoms with van der Waals surface area (Å²) in [5.41, 5.74) is 0.613. The number of rotatable bonds is 7. The van der Waals surface area contributed by atoms with Crippen LogP contribution in [0.4, 0.5) is 0 Å². The average Bonchev–Trinajstić information content (AvgIpc) is 3.12. The Kier molecular flexibility index (Phi) is 8.19. The van der Waals surface area contributed by atoms with Gasteiger partial charge in [-0.3, -0.25) is 4.79 Å². The van der Waals surface area contributed by atoms with Crippen molar-refractivity contribution >= 4 is 5.91 Å². The molecule has 1 aromatic rings. The van der Waals surface area contributed by atoms with Crippen LogP contribution in [-0.4, -0.2) is 82.6 Å². The molecule has 2 N–H and O–H groups in total. The Morgan fingerprint density at radius 1 is 1.06 bits per heavy atom. The molecular formula is C24H37N3O4. The van der Waals surface area contributed by atoms with E-state index in [4.69, 9.17) is 14.2 Å². The fraction of sp³-hybridized carbons (Fsp3) is 0.708. The summed E-state index contributed by atoms with van der Waals surface area (Å²) in [5.74, 6) is 1.11. The van der Waals surface area contributed by atoms with Crippen molar-refractivity contribution in [3.63, 3.8) is 0 Å². The Morgan fingerprint density at radius 2 is 1.84 bits per heavy atom. The normalized spacial score (nSPS) is 24.4. The minimum atomic E-state index is -0.474. The SMILES string of the molecule is O=C(N1CCNCC1)C1(c2ccc(OCCCC3CNCCCO3)cc2)CCOCC1. The minimum absolute atomic E-state index is 0.253. The van der Waals surface area contributed by atoms with E-state index in [0.29, 0.717) is 19.8 Å². The van der Waals surface area contributed by atoms with Crippen LogP contribution in [0.2, 0.25) is 0 Å². The molecule has 3 heterocycles. The number of carbonyl (C=O) groups excluding carboxylic acids is 1. The lowest BCUT2D eigenvalue weighted by Gasteiger charge is -2.41. The Hall–Kier alpha value is -1.67. The van der Waals surface area contributed by atoms with Crippen LogP contribution < -0.4 is 15.4 Å². The van der Waals surface area contributed by atoms with Crippen LogP contribution >= 0.6 is 0 Å². The standard InChI is InChI=1S/C24H37N3O4/c28-23(27-13-11-25-12-14-27)24(8-17-29-18-9-24)20-4-6-21(7-5-20)30-15-1-3-22-19-26-10-2-16-31-22/h4-7,22,25-26H,1-3,8-19H2. The van der Waals surface area contributed by atoms with Crippen molar-refractivity contribution in [3.05, 3.63) is 29.8 Å². The van der Waals surface area contributed by atoms with Crippen molar-refractivity contribution in [2.75, 3.05) is 65.7 Å². The summed E-state index contributed by atoms with van der Waals surface area (Å²) in [6.45, 7) is 8.07. The molecule has 0 aromatic heterocycles. The first-order valence-corrected chi connectivity index (χ1v) is 11.9. The highest BCUT2D eigenvalue weighted by molar-refractivity contribution is 5.88. The first-order valence-electron chi connectivity index (χ1n) is 11.9. The van der Waals surface area contributed by atoms with Gasteiger partial charge in [-0.15, -0.1) is 0 Å². The summed E-state index contributed by atoms with van der Waals surface area (Å²) >= 11 is 0. The zero-order chi connectivity index (χ0) is 21.4. The van der Waals surface area contributed by atoms with Gasteiger partial charge in [0.1, 0.15) is 5.75 Å². The fourth-order valence-corrected chi connectivity index (χ4v) is 4.84. The molecule has 0 radical (unpaired) electrons. The number of hydrogen-bond acceptors (Lipinski definition) is 6. The number of nitrogens with one attached hydrogen (secondary N) is 2. The van der Waals surface area contributed by atoms with Gasteiger partial charge in [0.2, 0.25) is 5.91 Å². The molecule has 7 nitrogen and oxygen atoms in total. The van der Waals surface area contributed by atoms with Gasteiger partial charge in [0.05, 0.1) is 18.1 Å². The maximum Gasteiger partial charge on any atom is 0.233 e. The molecule has 3 saturated heterocycles. The molecule has 0 aliphatic carbocycles. The Balaban J connectivity index is 1.34. The maximum atomic E-state index is 13.5. The molecule has 31 heavy (non-hydrogen) atoms. The molecule has 7 heteroatoms. The van der Waals surface area contributed by atoms with Gasteiger partial charge in [-0.25, -0.2) is 0 Å². The van der Waals surface area contributed by atoms with Crippen LogP contribution in [0.25, 0.3) is 0 Å². The molecule has 1 amide bonds. The monoisotopic (exact) mass is 431 g/mol. The quantitative estimate of drug-likeness (QED) is 0.641. The average molecular weight is 432 g/mol. The van der Waals surface area contributed by atoms with Gasteiger partial charge in [0.15, 0.2) is 0 Å². The molecule has 1 unspecified atom stereocenters. The van der Waals surface area contributed by atoms with E-state index in [1.807, 2.05) is 17.0 Å². The predicted octanol–water partition coefficient (Wildman–Crippen LogP) is 1.70. The summed E-state index contributed by atoms with van der Waals surface area (Å²) in [7, 11) is 0. The maximum absolute atomic E-state index is 13.5. The van der Waals surface area contributed by atoms with Crippen molar-refractivity contribution in [1.82, 2.24) is 15.5 Å². The lowest BCUT2D eigenvalue weighted by atomic mass is 9.73. The van der Waals surface area contributed by atoms with E-state index in [1.165, 1.54) is 0 Å².